The van der Waals surface area contributed by atoms with Crippen LogP contribution in [0.25, 0.3) is 0 Å². The minimum atomic E-state index is -1.65. The molecule has 2 amide bonds. The highest BCUT2D eigenvalue weighted by molar-refractivity contribution is 5.96. The first-order valence-corrected chi connectivity index (χ1v) is 16.9. The third-order valence-electron chi connectivity index (χ3n) is 8.04. The minimum absolute atomic E-state index is 0.0838. The molecule has 1 aliphatic heterocycles. The molecule has 0 saturated carbocycles. The summed E-state index contributed by atoms with van der Waals surface area (Å²) in [6.45, 7) is 10.3. The molecule has 4 atom stereocenters. The summed E-state index contributed by atoms with van der Waals surface area (Å²) in [5.41, 5.74) is -0.294. The van der Waals surface area contributed by atoms with E-state index in [0.29, 0.717) is 11.1 Å². The smallest absolute Gasteiger partial charge is 0.410 e. The number of nitrogens with zero attached hydrogens (tertiary/aromatic N) is 1. The maximum Gasteiger partial charge on any atom is 0.410 e. The average molecular weight is 716 g/mol. The zero-order valence-corrected chi connectivity index (χ0v) is 29.8. The second-order valence-electron chi connectivity index (χ2n) is 14.5. The molecule has 0 spiro atoms. The number of carbonyl (C=O) groups is 2. The van der Waals surface area contributed by atoms with Crippen LogP contribution in [0.4, 0.5) is 23.7 Å². The van der Waals surface area contributed by atoms with Crippen LogP contribution in [0.2, 0.25) is 0 Å². The molecular weight excluding hydrogens is 667 g/mol. The van der Waals surface area contributed by atoms with Gasteiger partial charge in [-0.2, -0.15) is 0 Å². The first-order valence-electron chi connectivity index (χ1n) is 16.9. The summed E-state index contributed by atoms with van der Waals surface area (Å²) in [7, 11) is 0. The number of hydrogen-bond acceptors (Lipinski definition) is 8. The molecule has 4 rings (SSSR count). The Balaban J connectivity index is 1.63. The minimum Gasteiger partial charge on any atom is -0.444 e. The normalized spacial score (nSPS) is 18.0. The van der Waals surface area contributed by atoms with E-state index in [4.69, 9.17) is 14.2 Å². The number of nitrogens with one attached hydrogen (secondary N) is 2. The molecular formula is C38H48F3N3O7. The number of rotatable bonds is 12. The lowest BCUT2D eigenvalue weighted by molar-refractivity contribution is -0.186. The van der Waals surface area contributed by atoms with Crippen molar-refractivity contribution in [3.8, 4) is 0 Å². The van der Waals surface area contributed by atoms with Crippen molar-refractivity contribution in [3.63, 3.8) is 0 Å². The summed E-state index contributed by atoms with van der Waals surface area (Å²) < 4.78 is 60.7. The van der Waals surface area contributed by atoms with E-state index in [1.165, 1.54) is 71.6 Å². The van der Waals surface area contributed by atoms with Crippen LogP contribution in [0, 0.1) is 17.5 Å². The van der Waals surface area contributed by atoms with Crippen molar-refractivity contribution in [2.45, 2.75) is 96.2 Å². The quantitative estimate of drug-likeness (QED) is 0.172. The van der Waals surface area contributed by atoms with E-state index < -0.39 is 71.2 Å². The number of aliphatic hydroxyl groups is 2. The molecule has 0 aromatic heterocycles. The summed E-state index contributed by atoms with van der Waals surface area (Å²) in [5, 5.41) is 26.4. The number of amides is 2. The molecule has 1 saturated heterocycles. The first-order chi connectivity index (χ1) is 23.9. The topological polar surface area (TPSA) is 130 Å². The molecule has 0 bridgehead atoms. The number of anilines is 1. The number of carbonyl (C=O) groups excluding carboxylic acids is 2. The molecule has 0 aliphatic carbocycles. The maximum absolute atomic E-state index is 15.5. The maximum atomic E-state index is 15.5. The molecule has 3 aromatic rings. The Morgan fingerprint density at radius 1 is 0.882 bits per heavy atom. The lowest BCUT2D eigenvalue weighted by atomic mass is 9.84. The average Bonchev–Trinajstić information content (AvgIpc) is 3.04. The highest BCUT2D eigenvalue weighted by Gasteiger charge is 2.36. The van der Waals surface area contributed by atoms with Crippen LogP contribution in [0.5, 0.6) is 0 Å². The van der Waals surface area contributed by atoms with E-state index in [1.54, 1.807) is 41.5 Å². The van der Waals surface area contributed by atoms with E-state index in [9.17, 15) is 28.6 Å². The van der Waals surface area contributed by atoms with Crippen molar-refractivity contribution in [3.05, 3.63) is 101 Å². The van der Waals surface area contributed by atoms with Gasteiger partial charge in [0, 0.05) is 17.2 Å². The van der Waals surface area contributed by atoms with Crippen LogP contribution in [-0.4, -0.2) is 82.7 Å². The van der Waals surface area contributed by atoms with Gasteiger partial charge in [0.05, 0.1) is 37.5 Å². The van der Waals surface area contributed by atoms with Gasteiger partial charge in [0.1, 0.15) is 29.1 Å². The summed E-state index contributed by atoms with van der Waals surface area (Å²) in [6.07, 6.45) is -3.13. The van der Waals surface area contributed by atoms with Gasteiger partial charge < -0.3 is 34.6 Å². The van der Waals surface area contributed by atoms with Gasteiger partial charge >= 0.3 is 6.09 Å². The lowest BCUT2D eigenvalue weighted by Gasteiger charge is -2.38. The van der Waals surface area contributed by atoms with Gasteiger partial charge in [0.25, 0.3) is 0 Å². The third-order valence-corrected chi connectivity index (χ3v) is 8.04. The fourth-order valence-electron chi connectivity index (χ4n) is 5.87. The molecule has 13 heteroatoms. The van der Waals surface area contributed by atoms with Crippen molar-refractivity contribution in [2.75, 3.05) is 25.0 Å². The molecule has 10 nitrogen and oxygen atoms in total. The van der Waals surface area contributed by atoms with E-state index in [-0.39, 0.29) is 43.8 Å². The fraction of sp³-hybridized carbons (Fsp3) is 0.474. The van der Waals surface area contributed by atoms with Crippen molar-refractivity contribution in [2.24, 2.45) is 0 Å². The number of ether oxygens (including phenoxy) is 3. The number of morpholine rings is 1. The monoisotopic (exact) mass is 715 g/mol. The van der Waals surface area contributed by atoms with Crippen LogP contribution in [0.15, 0.2) is 66.7 Å². The molecule has 278 valence electrons. The highest BCUT2D eigenvalue weighted by Crippen LogP contribution is 2.32. The fourth-order valence-corrected chi connectivity index (χ4v) is 5.87. The molecule has 1 heterocycles. The van der Waals surface area contributed by atoms with Crippen LogP contribution < -0.4 is 10.6 Å². The molecule has 3 aromatic carbocycles. The summed E-state index contributed by atoms with van der Waals surface area (Å²) in [4.78, 5) is 28.6. The zero-order valence-electron chi connectivity index (χ0n) is 29.8. The standard InChI is InChI=1S/C38H48F3N3O7/c1-37(2,3)50-35(47)43-33(32(23-10-14-25(39)15-11-23)24-12-16-26(40)17-13-24)34(46)42-31-9-7-8-30(41)29(31)19-18-27-20-44(21-28(22-45)49-27)36(48)51-38(4,5)6/h7-17,27-28,32-33,35,43,45,47H,18-22H2,1-6H3,(H,42,46). The van der Waals surface area contributed by atoms with Crippen molar-refractivity contribution in [1.29, 1.82) is 0 Å². The second kappa shape index (κ2) is 17.0. The van der Waals surface area contributed by atoms with Gasteiger partial charge in [-0.05, 0) is 102 Å². The summed E-state index contributed by atoms with van der Waals surface area (Å²) >= 11 is 0. The van der Waals surface area contributed by atoms with Gasteiger partial charge in [-0.25, -0.2) is 18.0 Å². The Kier molecular flexibility index (Phi) is 13.3. The number of halogens is 3. The molecule has 1 aliphatic rings. The van der Waals surface area contributed by atoms with Gasteiger partial charge in [-0.1, -0.05) is 30.3 Å². The van der Waals surface area contributed by atoms with E-state index in [0.717, 1.165) is 0 Å². The Morgan fingerprint density at radius 3 is 1.98 bits per heavy atom. The van der Waals surface area contributed by atoms with Gasteiger partial charge in [-0.15, -0.1) is 0 Å². The van der Waals surface area contributed by atoms with E-state index >= 15 is 4.39 Å². The Bertz CT molecular complexity index is 1570. The Hall–Kier alpha value is -4.01. The van der Waals surface area contributed by atoms with E-state index in [2.05, 4.69) is 10.6 Å². The molecule has 4 unspecified atom stereocenters. The predicted molar refractivity (Wildman–Crippen MR) is 185 cm³/mol. The Labute approximate surface area is 296 Å². The van der Waals surface area contributed by atoms with Crippen LogP contribution in [-0.2, 0) is 25.4 Å². The van der Waals surface area contributed by atoms with Crippen molar-refractivity contribution >= 4 is 17.7 Å². The molecule has 0 radical (unpaired) electrons. The lowest BCUT2D eigenvalue weighted by Crippen LogP contribution is -2.52. The number of benzene rings is 3. The molecule has 1 fully saturated rings. The highest BCUT2D eigenvalue weighted by atomic mass is 19.1. The van der Waals surface area contributed by atoms with Gasteiger partial charge in [0.2, 0.25) is 12.3 Å². The number of hydrogen-bond donors (Lipinski definition) is 4. The Morgan fingerprint density at radius 2 is 1.45 bits per heavy atom. The first kappa shape index (κ1) is 39.8. The van der Waals surface area contributed by atoms with E-state index in [1.807, 2.05) is 0 Å². The van der Waals surface area contributed by atoms with Gasteiger partial charge in [0.15, 0.2) is 0 Å². The second-order valence-corrected chi connectivity index (χ2v) is 14.5. The van der Waals surface area contributed by atoms with Crippen LogP contribution in [0.3, 0.4) is 0 Å². The predicted octanol–water partition coefficient (Wildman–Crippen LogP) is 5.85. The number of aliphatic hydroxyl groups excluding tert-OH is 2. The third kappa shape index (κ3) is 11.8. The summed E-state index contributed by atoms with van der Waals surface area (Å²) in [5.74, 6) is -3.20. The van der Waals surface area contributed by atoms with Crippen molar-refractivity contribution < 1.29 is 47.2 Å². The van der Waals surface area contributed by atoms with Crippen LogP contribution >= 0.6 is 0 Å². The van der Waals surface area contributed by atoms with Crippen LogP contribution in [0.1, 0.15) is 70.6 Å². The molecule has 51 heavy (non-hydrogen) atoms. The molecule has 4 N–H and O–H groups in total. The van der Waals surface area contributed by atoms with Crippen molar-refractivity contribution in [1.82, 2.24) is 10.2 Å². The van der Waals surface area contributed by atoms with Gasteiger partial charge in [-0.3, -0.25) is 10.1 Å². The zero-order chi connectivity index (χ0) is 37.5. The summed E-state index contributed by atoms with van der Waals surface area (Å²) in [6, 6.07) is 13.8. The SMILES string of the molecule is CC(C)(C)OC(=O)N1CC(CO)OC(CCc2c(F)cccc2NC(=O)C(NC(O)OC(C)(C)C)C(c2ccc(F)cc2)c2ccc(F)cc2)C1. The largest absolute Gasteiger partial charge is 0.444 e.